The zero-order valence-corrected chi connectivity index (χ0v) is 12.8. The minimum absolute atomic E-state index is 0.0653. The highest BCUT2D eigenvalue weighted by molar-refractivity contribution is 5.94. The average Bonchev–Trinajstić information content (AvgIpc) is 2.48. The third-order valence-corrected chi connectivity index (χ3v) is 3.69. The number of alkyl halides is 1. The van der Waals surface area contributed by atoms with E-state index < -0.39 is 6.17 Å². The number of aromatic nitrogens is 2. The molecule has 1 unspecified atom stereocenters. The Kier molecular flexibility index (Phi) is 4.46. The second-order valence-electron chi connectivity index (χ2n) is 5.15. The maximum atomic E-state index is 13.9. The van der Waals surface area contributed by atoms with E-state index in [1.165, 1.54) is 13.1 Å². The molecule has 1 heterocycles. The fourth-order valence-electron chi connectivity index (χ4n) is 2.31. The number of benzene rings is 1. The SMILES string of the molecule is CCC(=O)c1cncc(-c2c(C(C)F)ccc(C)c2C)n1. The third-order valence-electron chi connectivity index (χ3n) is 3.69. The molecule has 0 saturated heterocycles. The Balaban J connectivity index is 2.66. The van der Waals surface area contributed by atoms with Crippen molar-refractivity contribution in [1.29, 1.82) is 0 Å². The number of Topliss-reactive ketones (excluding diaryl/α,β-unsaturated/α-hetero) is 1. The van der Waals surface area contributed by atoms with Crippen molar-refractivity contribution in [2.45, 2.75) is 40.3 Å². The highest BCUT2D eigenvalue weighted by Gasteiger charge is 2.17. The van der Waals surface area contributed by atoms with Crippen molar-refractivity contribution in [3.8, 4) is 11.3 Å². The van der Waals surface area contributed by atoms with Crippen LogP contribution in [0.3, 0.4) is 0 Å². The fraction of sp³-hybridized carbons (Fsp3) is 0.353. The predicted octanol–water partition coefficient (Wildman–Crippen LogP) is 4.38. The first-order chi connectivity index (χ1) is 9.95. The Bertz CT molecular complexity index is 680. The van der Waals surface area contributed by atoms with E-state index in [9.17, 15) is 9.18 Å². The maximum Gasteiger partial charge on any atom is 0.182 e. The zero-order chi connectivity index (χ0) is 15.6. The molecule has 0 radical (unpaired) electrons. The van der Waals surface area contributed by atoms with Crippen molar-refractivity contribution in [2.24, 2.45) is 0 Å². The molecule has 0 aliphatic carbocycles. The summed E-state index contributed by atoms with van der Waals surface area (Å²) in [6, 6.07) is 3.68. The monoisotopic (exact) mass is 286 g/mol. The van der Waals surface area contributed by atoms with Gasteiger partial charge in [0, 0.05) is 12.0 Å². The smallest absolute Gasteiger partial charge is 0.182 e. The predicted molar refractivity (Wildman–Crippen MR) is 81.1 cm³/mol. The fourth-order valence-corrected chi connectivity index (χ4v) is 2.31. The first kappa shape index (κ1) is 15.3. The normalized spacial score (nSPS) is 12.2. The van der Waals surface area contributed by atoms with E-state index in [0.717, 1.165) is 16.7 Å². The molecule has 0 spiro atoms. The van der Waals surface area contributed by atoms with E-state index in [1.807, 2.05) is 19.9 Å². The van der Waals surface area contributed by atoms with Gasteiger partial charge in [0.2, 0.25) is 0 Å². The molecule has 110 valence electrons. The minimum Gasteiger partial charge on any atom is -0.292 e. The van der Waals surface area contributed by atoms with Crippen LogP contribution in [-0.4, -0.2) is 15.8 Å². The van der Waals surface area contributed by atoms with Crippen LogP contribution in [0.25, 0.3) is 11.3 Å². The maximum absolute atomic E-state index is 13.9. The molecule has 1 aromatic carbocycles. The van der Waals surface area contributed by atoms with Crippen molar-refractivity contribution in [3.63, 3.8) is 0 Å². The van der Waals surface area contributed by atoms with Crippen LogP contribution in [0.2, 0.25) is 0 Å². The lowest BCUT2D eigenvalue weighted by atomic mass is 9.93. The molecule has 21 heavy (non-hydrogen) atoms. The van der Waals surface area contributed by atoms with Gasteiger partial charge in [0.05, 0.1) is 18.1 Å². The van der Waals surface area contributed by atoms with Crippen LogP contribution in [0, 0.1) is 13.8 Å². The number of nitrogens with zero attached hydrogens (tertiary/aromatic N) is 2. The second kappa shape index (κ2) is 6.12. The summed E-state index contributed by atoms with van der Waals surface area (Å²) in [5.41, 5.74) is 4.22. The van der Waals surface area contributed by atoms with Crippen LogP contribution in [0.5, 0.6) is 0 Å². The first-order valence-corrected chi connectivity index (χ1v) is 7.05. The van der Waals surface area contributed by atoms with Crippen molar-refractivity contribution >= 4 is 5.78 Å². The highest BCUT2D eigenvalue weighted by atomic mass is 19.1. The van der Waals surface area contributed by atoms with Gasteiger partial charge >= 0.3 is 0 Å². The third kappa shape index (κ3) is 2.99. The van der Waals surface area contributed by atoms with Crippen LogP contribution in [0.15, 0.2) is 24.5 Å². The largest absolute Gasteiger partial charge is 0.292 e. The summed E-state index contributed by atoms with van der Waals surface area (Å²) in [5, 5.41) is 0. The lowest BCUT2D eigenvalue weighted by Gasteiger charge is -2.15. The second-order valence-corrected chi connectivity index (χ2v) is 5.15. The number of hydrogen-bond acceptors (Lipinski definition) is 3. The van der Waals surface area contributed by atoms with Crippen molar-refractivity contribution in [2.75, 3.05) is 0 Å². The summed E-state index contributed by atoms with van der Waals surface area (Å²) in [6.45, 7) is 7.19. The molecule has 4 heteroatoms. The number of hydrogen-bond donors (Lipinski definition) is 0. The molecule has 0 amide bonds. The average molecular weight is 286 g/mol. The van der Waals surface area contributed by atoms with E-state index in [-0.39, 0.29) is 5.78 Å². The van der Waals surface area contributed by atoms with Crippen LogP contribution in [-0.2, 0) is 0 Å². The highest BCUT2D eigenvalue weighted by Crippen LogP contribution is 2.33. The van der Waals surface area contributed by atoms with Crippen LogP contribution >= 0.6 is 0 Å². The van der Waals surface area contributed by atoms with Gasteiger partial charge in [0.15, 0.2) is 5.78 Å². The van der Waals surface area contributed by atoms with Crippen LogP contribution in [0.4, 0.5) is 4.39 Å². The lowest BCUT2D eigenvalue weighted by molar-refractivity contribution is 0.0983. The molecule has 0 fully saturated rings. The molecule has 3 nitrogen and oxygen atoms in total. The van der Waals surface area contributed by atoms with E-state index in [4.69, 9.17) is 0 Å². The minimum atomic E-state index is -1.10. The Morgan fingerprint density at radius 1 is 1.29 bits per heavy atom. The summed E-state index contributed by atoms with van der Waals surface area (Å²) in [6.07, 6.45) is 2.31. The van der Waals surface area contributed by atoms with Gasteiger partial charge in [0.1, 0.15) is 11.9 Å². The molecule has 2 rings (SSSR count). The van der Waals surface area contributed by atoms with Crippen molar-refractivity contribution in [1.82, 2.24) is 9.97 Å². The van der Waals surface area contributed by atoms with Gasteiger partial charge in [-0.15, -0.1) is 0 Å². The molecule has 1 atom stereocenters. The Hall–Kier alpha value is -2.10. The molecule has 0 N–H and O–H groups in total. The van der Waals surface area contributed by atoms with E-state index in [0.29, 0.717) is 23.4 Å². The van der Waals surface area contributed by atoms with E-state index in [1.54, 1.807) is 19.2 Å². The molecule has 0 aliphatic rings. The number of ketones is 1. The molecule has 0 saturated carbocycles. The topological polar surface area (TPSA) is 42.9 Å². The number of aryl methyl sites for hydroxylation is 1. The summed E-state index contributed by atoms with van der Waals surface area (Å²) in [4.78, 5) is 20.3. The number of halogens is 1. The van der Waals surface area contributed by atoms with Crippen LogP contribution < -0.4 is 0 Å². The lowest BCUT2D eigenvalue weighted by Crippen LogP contribution is -2.04. The molecule has 0 bridgehead atoms. The van der Waals surface area contributed by atoms with Crippen molar-refractivity contribution < 1.29 is 9.18 Å². The quantitative estimate of drug-likeness (QED) is 0.783. The standard InChI is InChI=1S/C17H19FN2O/c1-5-16(21)14-8-19-9-15(20-14)17-11(3)10(2)6-7-13(17)12(4)18/h6-9,12H,5H2,1-4H3. The van der Waals surface area contributed by atoms with E-state index >= 15 is 0 Å². The molecule has 1 aromatic heterocycles. The summed E-state index contributed by atoms with van der Waals surface area (Å²) in [5.74, 6) is -0.0653. The zero-order valence-electron chi connectivity index (χ0n) is 12.8. The van der Waals surface area contributed by atoms with Gasteiger partial charge in [-0.05, 0) is 37.5 Å². The van der Waals surface area contributed by atoms with E-state index in [2.05, 4.69) is 9.97 Å². The van der Waals surface area contributed by atoms with Crippen molar-refractivity contribution in [3.05, 3.63) is 46.9 Å². The molecular weight excluding hydrogens is 267 g/mol. The van der Waals surface area contributed by atoms with Crippen LogP contribution in [0.1, 0.15) is 53.6 Å². The van der Waals surface area contributed by atoms with Gasteiger partial charge in [-0.25, -0.2) is 9.37 Å². The number of rotatable bonds is 4. The number of carbonyl (C=O) groups excluding carboxylic acids is 1. The molecular formula is C17H19FN2O. The summed E-state index contributed by atoms with van der Waals surface area (Å²) < 4.78 is 13.9. The Labute approximate surface area is 124 Å². The van der Waals surface area contributed by atoms with Gasteiger partial charge in [-0.3, -0.25) is 9.78 Å². The Morgan fingerprint density at radius 3 is 2.62 bits per heavy atom. The number of carbonyl (C=O) groups is 1. The Morgan fingerprint density at radius 2 is 2.00 bits per heavy atom. The summed E-state index contributed by atoms with van der Waals surface area (Å²) >= 11 is 0. The van der Waals surface area contributed by atoms with Gasteiger partial charge in [-0.1, -0.05) is 19.1 Å². The molecule has 0 aliphatic heterocycles. The first-order valence-electron chi connectivity index (χ1n) is 7.05. The summed E-state index contributed by atoms with van der Waals surface area (Å²) in [7, 11) is 0. The van der Waals surface area contributed by atoms with Gasteiger partial charge < -0.3 is 0 Å². The molecule has 2 aromatic rings. The van der Waals surface area contributed by atoms with Gasteiger partial charge in [-0.2, -0.15) is 0 Å². The van der Waals surface area contributed by atoms with Gasteiger partial charge in [0.25, 0.3) is 0 Å².